The Hall–Kier alpha value is -3.95. The number of fused-ring (bicyclic) bond motifs is 1. The number of thiophene rings is 1. The van der Waals surface area contributed by atoms with Crippen LogP contribution >= 0.6 is 22.7 Å². The zero-order valence-electron chi connectivity index (χ0n) is 19.8. The van der Waals surface area contributed by atoms with Gasteiger partial charge in [-0.25, -0.2) is 4.99 Å². The largest absolute Gasteiger partial charge is 0.497 e. The van der Waals surface area contributed by atoms with Crippen LogP contribution in [-0.2, 0) is 4.79 Å². The summed E-state index contributed by atoms with van der Waals surface area (Å²) in [6.45, 7) is 1.81. The molecule has 1 N–H and O–H groups in total. The van der Waals surface area contributed by atoms with Crippen molar-refractivity contribution in [2.24, 2.45) is 4.99 Å². The lowest BCUT2D eigenvalue weighted by Crippen LogP contribution is -2.40. The molecule has 0 spiro atoms. The zero-order chi connectivity index (χ0) is 25.2. The fraction of sp³-hybridized carbons (Fsp3) is 0.148. The maximum atomic E-state index is 13.8. The Labute approximate surface area is 215 Å². The highest BCUT2D eigenvalue weighted by Crippen LogP contribution is 2.33. The molecule has 1 atom stereocenters. The highest BCUT2D eigenvalue weighted by molar-refractivity contribution is 7.10. The molecule has 0 bridgehead atoms. The van der Waals surface area contributed by atoms with Crippen molar-refractivity contribution in [3.63, 3.8) is 0 Å². The number of anilines is 1. The molecule has 2 aromatic heterocycles. The second-order valence-electron chi connectivity index (χ2n) is 8.03. The third-order valence-corrected chi connectivity index (χ3v) is 7.74. The summed E-state index contributed by atoms with van der Waals surface area (Å²) in [7, 11) is 3.17. The van der Waals surface area contributed by atoms with Crippen LogP contribution in [0.5, 0.6) is 11.5 Å². The molecule has 0 radical (unpaired) electrons. The highest BCUT2D eigenvalue weighted by Gasteiger charge is 2.33. The van der Waals surface area contributed by atoms with Crippen molar-refractivity contribution in [2.75, 3.05) is 19.5 Å². The molecule has 1 aliphatic rings. The van der Waals surface area contributed by atoms with E-state index in [0.717, 1.165) is 4.88 Å². The van der Waals surface area contributed by atoms with Crippen LogP contribution in [0.25, 0.3) is 6.08 Å². The fourth-order valence-electron chi connectivity index (χ4n) is 4.14. The maximum Gasteiger partial charge on any atom is 0.271 e. The molecule has 0 aliphatic carbocycles. The van der Waals surface area contributed by atoms with E-state index in [1.54, 1.807) is 37.0 Å². The molecular formula is C27H23N3O4S2. The lowest BCUT2D eigenvalue weighted by Gasteiger charge is -2.24. The van der Waals surface area contributed by atoms with Crippen molar-refractivity contribution in [3.05, 3.63) is 107 Å². The Morgan fingerprint density at radius 2 is 1.89 bits per heavy atom. The first-order valence-corrected chi connectivity index (χ1v) is 12.8. The van der Waals surface area contributed by atoms with Gasteiger partial charge in [0.05, 0.1) is 30.0 Å². The number of amides is 1. The lowest BCUT2D eigenvalue weighted by atomic mass is 10.0. The second kappa shape index (κ2) is 9.96. The van der Waals surface area contributed by atoms with Gasteiger partial charge in [0, 0.05) is 16.1 Å². The van der Waals surface area contributed by atoms with Crippen molar-refractivity contribution in [1.82, 2.24) is 4.57 Å². The monoisotopic (exact) mass is 517 g/mol. The Bertz CT molecular complexity index is 1630. The number of thiazole rings is 1. The number of ether oxygens (including phenoxy) is 2. The number of allylic oxidation sites excluding steroid dienone is 1. The molecule has 1 aliphatic heterocycles. The molecule has 1 amide bonds. The third-order valence-electron chi connectivity index (χ3n) is 5.83. The van der Waals surface area contributed by atoms with Gasteiger partial charge in [-0.05, 0) is 54.8 Å². The number of carbonyl (C=O) groups excluding carboxylic acids is 1. The lowest BCUT2D eigenvalue weighted by molar-refractivity contribution is -0.113. The van der Waals surface area contributed by atoms with E-state index < -0.39 is 6.04 Å². The van der Waals surface area contributed by atoms with Gasteiger partial charge in [-0.3, -0.25) is 14.2 Å². The van der Waals surface area contributed by atoms with Crippen LogP contribution in [0, 0.1) is 0 Å². The fourth-order valence-corrected chi connectivity index (χ4v) is 6.00. The number of nitrogens with one attached hydrogen (secondary N) is 1. The van der Waals surface area contributed by atoms with Gasteiger partial charge in [0.2, 0.25) is 0 Å². The van der Waals surface area contributed by atoms with Gasteiger partial charge in [-0.2, -0.15) is 0 Å². The first-order chi connectivity index (χ1) is 17.5. The number of benzene rings is 2. The summed E-state index contributed by atoms with van der Waals surface area (Å²) in [4.78, 5) is 33.4. The smallest absolute Gasteiger partial charge is 0.271 e. The number of methoxy groups -OCH3 is 2. The first-order valence-electron chi connectivity index (χ1n) is 11.1. The van der Waals surface area contributed by atoms with Crippen LogP contribution in [0.1, 0.15) is 23.4 Å². The number of carbonyl (C=O) groups is 1. The Kier molecular flexibility index (Phi) is 6.58. The summed E-state index contributed by atoms with van der Waals surface area (Å²) in [6.07, 6.45) is 1.78. The number of nitrogens with zero attached hydrogens (tertiary/aromatic N) is 2. The van der Waals surface area contributed by atoms with Crippen LogP contribution in [0.15, 0.2) is 87.1 Å². The third kappa shape index (κ3) is 4.38. The standard InChI is InChI=1S/C27H23N3O4S2/c1-16-23(25(31)29-18-8-5-4-6-9-18)24(21-10-7-13-35-21)30-26(32)22(36-27(30)28-16)15-17-14-19(33-2)11-12-20(17)34-3/h4-15,24H,1-3H3,(H,29,31)/b22-15-. The van der Waals surface area contributed by atoms with E-state index in [4.69, 9.17) is 9.47 Å². The van der Waals surface area contributed by atoms with E-state index in [2.05, 4.69) is 10.3 Å². The summed E-state index contributed by atoms with van der Waals surface area (Å²) in [5, 5.41) is 4.90. The van der Waals surface area contributed by atoms with Crippen LogP contribution in [0.3, 0.4) is 0 Å². The molecule has 2 aromatic carbocycles. The Morgan fingerprint density at radius 1 is 1.08 bits per heavy atom. The van der Waals surface area contributed by atoms with Crippen molar-refractivity contribution >= 4 is 40.3 Å². The van der Waals surface area contributed by atoms with E-state index in [-0.39, 0.29) is 11.5 Å². The van der Waals surface area contributed by atoms with Gasteiger partial charge in [-0.15, -0.1) is 11.3 Å². The molecule has 9 heteroatoms. The zero-order valence-corrected chi connectivity index (χ0v) is 21.5. The predicted molar refractivity (Wildman–Crippen MR) is 143 cm³/mol. The number of para-hydroxylation sites is 1. The molecule has 5 rings (SSSR count). The quantitative estimate of drug-likeness (QED) is 0.420. The maximum absolute atomic E-state index is 13.8. The van der Waals surface area contributed by atoms with E-state index >= 15 is 0 Å². The van der Waals surface area contributed by atoms with Gasteiger partial charge in [-0.1, -0.05) is 35.6 Å². The Balaban J connectivity index is 1.66. The SMILES string of the molecule is COc1ccc(OC)c(/C=c2\sc3n(c2=O)C(c2cccs2)C(C(=O)Nc2ccccc2)=C(C)N=3)c1. The summed E-state index contributed by atoms with van der Waals surface area (Å²) in [6, 6.07) is 17.9. The molecule has 36 heavy (non-hydrogen) atoms. The van der Waals surface area contributed by atoms with Gasteiger partial charge in [0.15, 0.2) is 4.80 Å². The second-order valence-corrected chi connectivity index (χ2v) is 10.0. The molecule has 3 heterocycles. The normalized spacial score (nSPS) is 15.3. The average Bonchev–Trinajstić information content (AvgIpc) is 3.52. The van der Waals surface area contributed by atoms with Gasteiger partial charge < -0.3 is 14.8 Å². The van der Waals surface area contributed by atoms with Crippen molar-refractivity contribution in [2.45, 2.75) is 13.0 Å². The molecule has 0 saturated heterocycles. The topological polar surface area (TPSA) is 81.9 Å². The van der Waals surface area contributed by atoms with Crippen LogP contribution < -0.4 is 29.7 Å². The number of hydrogen-bond donors (Lipinski definition) is 1. The van der Waals surface area contributed by atoms with Crippen molar-refractivity contribution < 1.29 is 14.3 Å². The van der Waals surface area contributed by atoms with E-state index in [9.17, 15) is 9.59 Å². The van der Waals surface area contributed by atoms with E-state index in [1.165, 1.54) is 22.7 Å². The van der Waals surface area contributed by atoms with Crippen LogP contribution in [0.4, 0.5) is 5.69 Å². The molecule has 7 nitrogen and oxygen atoms in total. The summed E-state index contributed by atoms with van der Waals surface area (Å²) in [5.41, 5.74) is 2.19. The summed E-state index contributed by atoms with van der Waals surface area (Å²) >= 11 is 2.78. The van der Waals surface area contributed by atoms with Crippen LogP contribution in [0.2, 0.25) is 0 Å². The van der Waals surface area contributed by atoms with Crippen molar-refractivity contribution in [3.8, 4) is 11.5 Å². The molecular weight excluding hydrogens is 494 g/mol. The number of rotatable bonds is 6. The molecule has 0 fully saturated rings. The molecule has 182 valence electrons. The summed E-state index contributed by atoms with van der Waals surface area (Å²) < 4.78 is 12.9. The number of aromatic nitrogens is 1. The Morgan fingerprint density at radius 3 is 2.58 bits per heavy atom. The van der Waals surface area contributed by atoms with E-state index in [0.29, 0.717) is 43.4 Å². The first kappa shape index (κ1) is 23.8. The minimum Gasteiger partial charge on any atom is -0.497 e. The predicted octanol–water partition coefficient (Wildman–Crippen LogP) is 3.95. The minimum absolute atomic E-state index is 0.223. The molecule has 0 saturated carbocycles. The number of hydrogen-bond acceptors (Lipinski definition) is 7. The van der Waals surface area contributed by atoms with Gasteiger partial charge in [0.25, 0.3) is 11.5 Å². The van der Waals surface area contributed by atoms with Crippen molar-refractivity contribution in [1.29, 1.82) is 0 Å². The molecule has 1 unspecified atom stereocenters. The minimum atomic E-state index is -0.584. The molecule has 4 aromatic rings. The van der Waals surface area contributed by atoms with Crippen LogP contribution in [-0.4, -0.2) is 24.7 Å². The van der Waals surface area contributed by atoms with E-state index in [1.807, 2.05) is 60.8 Å². The van der Waals surface area contributed by atoms with Gasteiger partial charge in [0.1, 0.15) is 17.5 Å². The van der Waals surface area contributed by atoms with Gasteiger partial charge >= 0.3 is 0 Å². The average molecular weight is 518 g/mol. The summed E-state index contributed by atoms with van der Waals surface area (Å²) in [5.74, 6) is 0.988. The highest BCUT2D eigenvalue weighted by atomic mass is 32.1.